The lowest BCUT2D eigenvalue weighted by molar-refractivity contribution is 0.390. The summed E-state index contributed by atoms with van der Waals surface area (Å²) >= 11 is 1.75. The summed E-state index contributed by atoms with van der Waals surface area (Å²) in [4.78, 5) is 6.89. The van der Waals surface area contributed by atoms with Crippen LogP contribution in [0.25, 0.3) is 0 Å². The maximum absolute atomic E-state index is 5.30. The zero-order valence-corrected chi connectivity index (χ0v) is 13.3. The normalized spacial score (nSPS) is 18.7. The topological polar surface area (TPSA) is 25.4 Å². The van der Waals surface area contributed by atoms with Crippen LogP contribution in [-0.2, 0) is 6.42 Å². The highest BCUT2D eigenvalue weighted by atomic mass is 32.1. The van der Waals surface area contributed by atoms with Gasteiger partial charge in [0.15, 0.2) is 5.13 Å². The smallest absolute Gasteiger partial charge is 0.185 e. The molecule has 1 atom stereocenters. The van der Waals surface area contributed by atoms with Gasteiger partial charge in [-0.2, -0.15) is 0 Å². The Morgan fingerprint density at radius 3 is 3.19 bits per heavy atom. The van der Waals surface area contributed by atoms with Gasteiger partial charge in [0.2, 0.25) is 0 Å². The Kier molecular flexibility index (Phi) is 4.76. The van der Waals surface area contributed by atoms with E-state index < -0.39 is 0 Å². The highest BCUT2D eigenvalue weighted by molar-refractivity contribution is 7.13. The summed E-state index contributed by atoms with van der Waals surface area (Å²) < 4.78 is 5.30. The second-order valence-corrected chi connectivity index (χ2v) is 6.53. The lowest BCUT2D eigenvalue weighted by Gasteiger charge is -2.32. The number of nitrogens with zero attached hydrogens (tertiary/aromatic N) is 2. The molecular formula is C17H22N2OS. The fraction of sp³-hybridized carbons (Fsp3) is 0.471. The zero-order chi connectivity index (χ0) is 14.5. The number of ether oxygens (including phenoxy) is 1. The van der Waals surface area contributed by atoms with Crippen molar-refractivity contribution in [3.8, 4) is 5.75 Å². The summed E-state index contributed by atoms with van der Waals surface area (Å²) in [5.74, 6) is 1.73. The minimum Gasteiger partial charge on any atom is -0.497 e. The van der Waals surface area contributed by atoms with E-state index in [0.29, 0.717) is 0 Å². The van der Waals surface area contributed by atoms with Crippen LogP contribution in [0.1, 0.15) is 24.8 Å². The molecule has 2 aromatic rings. The first kappa shape index (κ1) is 14.4. The molecule has 1 saturated heterocycles. The second-order valence-electron chi connectivity index (χ2n) is 5.66. The molecule has 1 aliphatic rings. The van der Waals surface area contributed by atoms with E-state index in [4.69, 9.17) is 4.74 Å². The molecule has 2 heterocycles. The third-order valence-corrected chi connectivity index (χ3v) is 5.02. The van der Waals surface area contributed by atoms with Crippen LogP contribution >= 0.6 is 11.3 Å². The molecule has 0 spiro atoms. The minimum absolute atomic E-state index is 0.772. The second kappa shape index (κ2) is 6.94. The van der Waals surface area contributed by atoms with Gasteiger partial charge in [-0.3, -0.25) is 0 Å². The van der Waals surface area contributed by atoms with Crippen molar-refractivity contribution >= 4 is 16.5 Å². The number of rotatable bonds is 5. The van der Waals surface area contributed by atoms with Crippen molar-refractivity contribution in [2.75, 3.05) is 25.1 Å². The van der Waals surface area contributed by atoms with Gasteiger partial charge in [-0.05, 0) is 49.3 Å². The maximum Gasteiger partial charge on any atom is 0.185 e. The van der Waals surface area contributed by atoms with Crippen LogP contribution in [0.15, 0.2) is 35.8 Å². The number of benzene rings is 1. The molecule has 1 aliphatic heterocycles. The van der Waals surface area contributed by atoms with Gasteiger partial charge in [-0.15, -0.1) is 11.3 Å². The van der Waals surface area contributed by atoms with Crippen LogP contribution < -0.4 is 9.64 Å². The van der Waals surface area contributed by atoms with Crippen molar-refractivity contribution in [1.29, 1.82) is 0 Å². The molecule has 1 aromatic carbocycles. The highest BCUT2D eigenvalue weighted by Gasteiger charge is 2.21. The summed E-state index contributed by atoms with van der Waals surface area (Å²) in [6.45, 7) is 2.31. The van der Waals surface area contributed by atoms with Gasteiger partial charge >= 0.3 is 0 Å². The predicted molar refractivity (Wildman–Crippen MR) is 88.4 cm³/mol. The lowest BCUT2D eigenvalue weighted by atomic mass is 9.92. The van der Waals surface area contributed by atoms with E-state index in [1.807, 2.05) is 12.3 Å². The van der Waals surface area contributed by atoms with E-state index >= 15 is 0 Å². The molecule has 0 saturated carbocycles. The quantitative estimate of drug-likeness (QED) is 0.834. The maximum atomic E-state index is 5.30. The number of hydrogen-bond acceptors (Lipinski definition) is 4. The number of hydrogen-bond donors (Lipinski definition) is 0. The van der Waals surface area contributed by atoms with E-state index in [0.717, 1.165) is 31.2 Å². The first-order valence-corrected chi connectivity index (χ1v) is 8.50. The average molecular weight is 302 g/mol. The van der Waals surface area contributed by atoms with Gasteiger partial charge in [0, 0.05) is 24.7 Å². The van der Waals surface area contributed by atoms with E-state index in [9.17, 15) is 0 Å². The summed E-state index contributed by atoms with van der Waals surface area (Å²) in [6, 6.07) is 8.44. The number of aromatic nitrogens is 1. The van der Waals surface area contributed by atoms with Gasteiger partial charge in [0.1, 0.15) is 5.75 Å². The van der Waals surface area contributed by atoms with Crippen molar-refractivity contribution in [2.45, 2.75) is 25.7 Å². The van der Waals surface area contributed by atoms with Crippen LogP contribution in [0, 0.1) is 5.92 Å². The van der Waals surface area contributed by atoms with Gasteiger partial charge in [0.05, 0.1) is 7.11 Å². The van der Waals surface area contributed by atoms with Crippen molar-refractivity contribution in [3.05, 3.63) is 41.4 Å². The van der Waals surface area contributed by atoms with Gasteiger partial charge < -0.3 is 9.64 Å². The molecule has 0 unspecified atom stereocenters. The van der Waals surface area contributed by atoms with Crippen LogP contribution in [0.3, 0.4) is 0 Å². The Balaban J connectivity index is 1.55. The first-order chi connectivity index (χ1) is 10.3. The van der Waals surface area contributed by atoms with Gasteiger partial charge in [-0.1, -0.05) is 12.1 Å². The average Bonchev–Trinajstić information content (AvgIpc) is 3.08. The molecule has 3 nitrogen and oxygen atoms in total. The highest BCUT2D eigenvalue weighted by Crippen LogP contribution is 2.27. The zero-order valence-electron chi connectivity index (χ0n) is 12.5. The number of anilines is 1. The van der Waals surface area contributed by atoms with E-state index in [2.05, 4.69) is 33.5 Å². The molecule has 3 rings (SSSR count). The SMILES string of the molecule is COc1cccc(CC[C@@H]2CCCN(c3nccs3)C2)c1. The van der Waals surface area contributed by atoms with Crippen molar-refractivity contribution in [3.63, 3.8) is 0 Å². The molecule has 0 radical (unpaired) electrons. The molecule has 21 heavy (non-hydrogen) atoms. The Morgan fingerprint density at radius 1 is 1.43 bits per heavy atom. The fourth-order valence-corrected chi connectivity index (χ4v) is 3.73. The Bertz CT molecular complexity index is 556. The molecule has 1 aromatic heterocycles. The van der Waals surface area contributed by atoms with Crippen molar-refractivity contribution in [1.82, 2.24) is 4.98 Å². The molecule has 1 fully saturated rings. The van der Waals surface area contributed by atoms with Crippen LogP contribution in [0.2, 0.25) is 0 Å². The van der Waals surface area contributed by atoms with Gasteiger partial charge in [0.25, 0.3) is 0 Å². The lowest BCUT2D eigenvalue weighted by Crippen LogP contribution is -2.35. The van der Waals surface area contributed by atoms with Crippen LogP contribution in [0.4, 0.5) is 5.13 Å². The Labute approximate surface area is 130 Å². The summed E-state index contributed by atoms with van der Waals surface area (Å²) in [5, 5.41) is 3.25. The standard InChI is InChI=1S/C17H22N2OS/c1-20-16-6-2-4-14(12-16)7-8-15-5-3-10-19(13-15)17-18-9-11-21-17/h2,4,6,9,11-12,15H,3,5,7-8,10,13H2,1H3/t15-/m0/s1. The monoisotopic (exact) mass is 302 g/mol. The van der Waals surface area contributed by atoms with Gasteiger partial charge in [-0.25, -0.2) is 4.98 Å². The van der Waals surface area contributed by atoms with E-state index in [1.54, 1.807) is 18.4 Å². The Morgan fingerprint density at radius 2 is 2.38 bits per heavy atom. The van der Waals surface area contributed by atoms with Crippen molar-refractivity contribution < 1.29 is 4.74 Å². The van der Waals surface area contributed by atoms with Crippen LogP contribution in [-0.4, -0.2) is 25.2 Å². The fourth-order valence-electron chi connectivity index (χ4n) is 3.05. The molecule has 112 valence electrons. The molecule has 0 aliphatic carbocycles. The summed E-state index contributed by atoms with van der Waals surface area (Å²) in [7, 11) is 1.73. The van der Waals surface area contributed by atoms with E-state index in [1.165, 1.54) is 30.0 Å². The third-order valence-electron chi connectivity index (χ3n) is 4.18. The Hall–Kier alpha value is -1.55. The predicted octanol–water partition coefficient (Wildman–Crippen LogP) is 4.00. The van der Waals surface area contributed by atoms with Crippen molar-refractivity contribution in [2.24, 2.45) is 5.92 Å². The molecular weight excluding hydrogens is 280 g/mol. The van der Waals surface area contributed by atoms with Crippen LogP contribution in [0.5, 0.6) is 5.75 Å². The summed E-state index contributed by atoms with van der Waals surface area (Å²) in [5.41, 5.74) is 1.38. The summed E-state index contributed by atoms with van der Waals surface area (Å²) in [6.07, 6.45) is 6.90. The molecule has 4 heteroatoms. The third kappa shape index (κ3) is 3.76. The number of piperidine rings is 1. The molecule has 0 N–H and O–H groups in total. The number of aryl methyl sites for hydroxylation is 1. The minimum atomic E-state index is 0.772. The molecule has 0 bridgehead atoms. The molecule has 0 amide bonds. The van der Waals surface area contributed by atoms with E-state index in [-0.39, 0.29) is 0 Å². The largest absolute Gasteiger partial charge is 0.497 e. The first-order valence-electron chi connectivity index (χ1n) is 7.62. The number of methoxy groups -OCH3 is 1. The number of thiazole rings is 1.